The molecule has 5 atom stereocenters. The van der Waals surface area contributed by atoms with Crippen molar-refractivity contribution < 1.29 is 38.7 Å². The minimum absolute atomic E-state index is 0.307. The molecule has 0 aromatic heterocycles. The molecule has 1 heterocycles. The maximum atomic E-state index is 13.6. The van der Waals surface area contributed by atoms with Crippen LogP contribution in [0.1, 0.15) is 48.0 Å². The predicted octanol–water partition coefficient (Wildman–Crippen LogP) is 3.26. The summed E-state index contributed by atoms with van der Waals surface area (Å²) in [5.41, 5.74) is -1.61. The van der Waals surface area contributed by atoms with E-state index in [1.165, 1.54) is 4.90 Å². The van der Waals surface area contributed by atoms with Crippen LogP contribution in [0.2, 0.25) is 0 Å². The summed E-state index contributed by atoms with van der Waals surface area (Å²) in [6.45, 7) is 7.60. The van der Waals surface area contributed by atoms with Gasteiger partial charge in [0.05, 0.1) is 6.61 Å². The second kappa shape index (κ2) is 12.4. The number of amides is 2. The zero-order valence-corrected chi connectivity index (χ0v) is 23.7. The molecule has 194 valence electrons. The van der Waals surface area contributed by atoms with E-state index in [4.69, 9.17) is 53.8 Å². The standard InChI is InChI=1S/C19H32Cl3IN2O8/c1-17(2,3)25(9-31-16(29)30-8-19(20,21)22)13(26)12(10-7-11(23)32-14(10)27)24-15(28)33-18(4,5)6/h10-12,14,16,27,29H,7-9H2,1-6H3,(H,24,28)/t10-,11+,12+,14?,16?/m0/s1. The first-order valence-corrected chi connectivity index (χ1v) is 12.4. The van der Waals surface area contributed by atoms with Crippen molar-refractivity contribution in [2.45, 2.75) is 85.8 Å². The molecule has 0 aliphatic carbocycles. The van der Waals surface area contributed by atoms with Gasteiger partial charge in [0.25, 0.3) is 6.48 Å². The number of alkyl halides is 4. The lowest BCUT2D eigenvalue weighted by Gasteiger charge is -2.39. The molecule has 1 aliphatic rings. The van der Waals surface area contributed by atoms with Crippen molar-refractivity contribution in [2.24, 2.45) is 5.92 Å². The van der Waals surface area contributed by atoms with Crippen LogP contribution in [0, 0.1) is 5.92 Å². The van der Waals surface area contributed by atoms with Crippen molar-refractivity contribution in [1.82, 2.24) is 10.2 Å². The fourth-order valence-electron chi connectivity index (χ4n) is 2.83. The van der Waals surface area contributed by atoms with E-state index in [-0.39, 0.29) is 4.11 Å². The highest BCUT2D eigenvalue weighted by molar-refractivity contribution is 14.1. The average molecular weight is 650 g/mol. The molecule has 1 saturated heterocycles. The van der Waals surface area contributed by atoms with Gasteiger partial charge in [0.15, 0.2) is 6.29 Å². The summed E-state index contributed by atoms with van der Waals surface area (Å²) in [7, 11) is 0. The summed E-state index contributed by atoms with van der Waals surface area (Å²) in [4.78, 5) is 27.3. The molecule has 1 rings (SSSR count). The van der Waals surface area contributed by atoms with Crippen LogP contribution in [-0.4, -0.2) is 78.3 Å². The summed E-state index contributed by atoms with van der Waals surface area (Å²) < 4.78 is 18.7. The molecular formula is C19H32Cl3IN2O8. The topological polar surface area (TPSA) is 127 Å². The zero-order chi connectivity index (χ0) is 25.8. The fourth-order valence-corrected chi connectivity index (χ4v) is 3.91. The molecule has 10 nitrogen and oxygen atoms in total. The van der Waals surface area contributed by atoms with Gasteiger partial charge < -0.3 is 39.4 Å². The molecule has 33 heavy (non-hydrogen) atoms. The number of hydrogen-bond donors (Lipinski definition) is 3. The van der Waals surface area contributed by atoms with Crippen molar-refractivity contribution >= 4 is 69.4 Å². The highest BCUT2D eigenvalue weighted by Gasteiger charge is 2.45. The Labute approximate surface area is 222 Å². The van der Waals surface area contributed by atoms with Gasteiger partial charge in [0.1, 0.15) is 22.5 Å². The minimum Gasteiger partial charge on any atom is -0.444 e. The van der Waals surface area contributed by atoms with Gasteiger partial charge in [-0.1, -0.05) is 57.4 Å². The molecule has 1 fully saturated rings. The fraction of sp³-hybridized carbons (Fsp3) is 0.895. The van der Waals surface area contributed by atoms with Gasteiger partial charge in [-0.05, 0) is 48.0 Å². The van der Waals surface area contributed by atoms with E-state index in [1.807, 2.05) is 22.6 Å². The average Bonchev–Trinajstić information content (AvgIpc) is 2.92. The molecular weight excluding hydrogens is 617 g/mol. The van der Waals surface area contributed by atoms with Gasteiger partial charge in [-0.3, -0.25) is 4.79 Å². The highest BCUT2D eigenvalue weighted by atomic mass is 127. The van der Waals surface area contributed by atoms with Crippen molar-refractivity contribution in [1.29, 1.82) is 0 Å². The van der Waals surface area contributed by atoms with Gasteiger partial charge in [0, 0.05) is 11.5 Å². The molecule has 0 radical (unpaired) electrons. The molecule has 2 unspecified atom stereocenters. The Morgan fingerprint density at radius 2 is 1.76 bits per heavy atom. The summed E-state index contributed by atoms with van der Waals surface area (Å²) in [5, 5.41) is 22.8. The van der Waals surface area contributed by atoms with E-state index in [0.717, 1.165) is 0 Å². The van der Waals surface area contributed by atoms with E-state index in [9.17, 15) is 19.8 Å². The summed E-state index contributed by atoms with van der Waals surface area (Å²) >= 11 is 18.7. The molecule has 2 amide bonds. The van der Waals surface area contributed by atoms with Gasteiger partial charge >= 0.3 is 6.09 Å². The van der Waals surface area contributed by atoms with Gasteiger partial charge in [-0.2, -0.15) is 0 Å². The van der Waals surface area contributed by atoms with E-state index < -0.39 is 65.0 Å². The molecule has 0 aromatic rings. The Kier molecular flexibility index (Phi) is 11.7. The van der Waals surface area contributed by atoms with E-state index in [1.54, 1.807) is 41.5 Å². The Hall–Kier alpha value is 0.140. The molecule has 3 N–H and O–H groups in total. The number of hydrogen-bond acceptors (Lipinski definition) is 8. The Balaban J connectivity index is 3.06. The smallest absolute Gasteiger partial charge is 0.408 e. The highest BCUT2D eigenvalue weighted by Crippen LogP contribution is 2.33. The van der Waals surface area contributed by atoms with Crippen molar-refractivity contribution in [3.63, 3.8) is 0 Å². The number of carbonyl (C=O) groups excluding carboxylic acids is 2. The Morgan fingerprint density at radius 3 is 2.18 bits per heavy atom. The summed E-state index contributed by atoms with van der Waals surface area (Å²) in [6, 6.07) is -1.20. The van der Waals surface area contributed by atoms with Crippen LogP contribution in [-0.2, 0) is 23.7 Å². The van der Waals surface area contributed by atoms with Gasteiger partial charge in [-0.25, -0.2) is 4.79 Å². The Bertz CT molecular complexity index is 669. The van der Waals surface area contributed by atoms with Crippen LogP contribution in [0.3, 0.4) is 0 Å². The molecule has 0 spiro atoms. The largest absolute Gasteiger partial charge is 0.444 e. The maximum absolute atomic E-state index is 13.6. The number of halogens is 4. The van der Waals surface area contributed by atoms with E-state index in [2.05, 4.69) is 5.32 Å². The number of rotatable bonds is 8. The lowest BCUT2D eigenvalue weighted by atomic mass is 9.94. The lowest BCUT2D eigenvalue weighted by molar-refractivity contribution is -0.278. The van der Waals surface area contributed by atoms with Crippen LogP contribution in [0.4, 0.5) is 4.79 Å². The first-order valence-electron chi connectivity index (χ1n) is 10.1. The Morgan fingerprint density at radius 1 is 1.18 bits per heavy atom. The normalized spacial score (nSPS) is 23.7. The van der Waals surface area contributed by atoms with Crippen molar-refractivity contribution in [3.8, 4) is 0 Å². The summed E-state index contributed by atoms with van der Waals surface area (Å²) in [6.07, 6.45) is -1.80. The number of nitrogens with one attached hydrogen (secondary N) is 1. The van der Waals surface area contributed by atoms with Gasteiger partial charge in [-0.15, -0.1) is 0 Å². The van der Waals surface area contributed by atoms with Crippen molar-refractivity contribution in [2.75, 3.05) is 13.3 Å². The van der Waals surface area contributed by atoms with Crippen LogP contribution in [0.25, 0.3) is 0 Å². The van der Waals surface area contributed by atoms with Crippen LogP contribution in [0.15, 0.2) is 0 Å². The van der Waals surface area contributed by atoms with Crippen molar-refractivity contribution in [3.05, 3.63) is 0 Å². The minimum atomic E-state index is -1.78. The molecule has 0 aromatic carbocycles. The lowest BCUT2D eigenvalue weighted by Crippen LogP contribution is -2.59. The molecule has 1 aliphatic heterocycles. The van der Waals surface area contributed by atoms with Crippen LogP contribution >= 0.6 is 57.4 Å². The summed E-state index contributed by atoms with van der Waals surface area (Å²) in [5.74, 6) is -1.33. The molecule has 14 heteroatoms. The first kappa shape index (κ1) is 31.2. The van der Waals surface area contributed by atoms with Crippen LogP contribution < -0.4 is 5.32 Å². The number of nitrogens with zero attached hydrogens (tertiary/aromatic N) is 1. The SMILES string of the molecule is CC(C)(C)OC(=O)N[C@@H](C(=O)N(COC(O)OCC(Cl)(Cl)Cl)C(C)(C)C)[C@@H]1C[C@H](I)OC1O. The number of ether oxygens (including phenoxy) is 4. The number of aliphatic hydroxyl groups is 2. The number of carbonyl (C=O) groups is 2. The van der Waals surface area contributed by atoms with E-state index >= 15 is 0 Å². The zero-order valence-electron chi connectivity index (χ0n) is 19.3. The van der Waals surface area contributed by atoms with Crippen LogP contribution in [0.5, 0.6) is 0 Å². The molecule has 0 bridgehead atoms. The quantitative estimate of drug-likeness (QED) is 0.208. The third-order valence-electron chi connectivity index (χ3n) is 4.29. The number of alkyl carbamates (subject to hydrolysis) is 1. The van der Waals surface area contributed by atoms with E-state index in [0.29, 0.717) is 6.42 Å². The second-order valence-electron chi connectivity index (χ2n) is 9.43. The monoisotopic (exact) mass is 648 g/mol. The third kappa shape index (κ3) is 11.6. The van der Waals surface area contributed by atoms with Gasteiger partial charge in [0.2, 0.25) is 9.70 Å². The predicted molar refractivity (Wildman–Crippen MR) is 131 cm³/mol. The maximum Gasteiger partial charge on any atom is 0.408 e. The second-order valence-corrected chi connectivity index (χ2v) is 13.3. The third-order valence-corrected chi connectivity index (χ3v) is 5.42. The first-order chi connectivity index (χ1) is 14.8. The molecule has 0 saturated carbocycles. The number of aliphatic hydroxyl groups excluding tert-OH is 2.